The van der Waals surface area contributed by atoms with Crippen LogP contribution in [-0.4, -0.2) is 39.0 Å². The number of hydrogen-bond donors (Lipinski definition) is 1. The molecular weight excluding hydrogens is 298 g/mol. The summed E-state index contributed by atoms with van der Waals surface area (Å²) in [6.07, 6.45) is 8.69. The zero-order chi connectivity index (χ0) is 16.4. The van der Waals surface area contributed by atoms with Crippen LogP contribution in [-0.2, 0) is 6.54 Å². The summed E-state index contributed by atoms with van der Waals surface area (Å²) < 4.78 is 0. The molecule has 0 aromatic carbocycles. The fraction of sp³-hybridized carbons (Fsp3) is 0.526. The monoisotopic (exact) mass is 323 g/mol. The number of likely N-dealkylation sites (tertiary alicyclic amines) is 1. The molecule has 0 amide bonds. The number of nitrogens with one attached hydrogen (secondary N) is 1. The first kappa shape index (κ1) is 15.5. The Morgan fingerprint density at radius 1 is 1.12 bits per heavy atom. The van der Waals surface area contributed by atoms with Crippen molar-refractivity contribution in [2.24, 2.45) is 5.41 Å². The standard InChI is InChI=1S/C19H25N5/c1-15-4-2-5-16(22-15)14-24-10-6-19(7-11-24)12-17(13-19)23-18-20-8-3-9-21-18/h2-5,8-9,17H,6-7,10-14H2,1H3,(H,20,21,23). The Balaban J connectivity index is 1.25. The maximum absolute atomic E-state index is 4.63. The van der Waals surface area contributed by atoms with Crippen LogP contribution in [0.3, 0.4) is 0 Å². The average Bonchev–Trinajstić information content (AvgIpc) is 2.56. The molecule has 5 heteroatoms. The van der Waals surface area contributed by atoms with Gasteiger partial charge in [-0.2, -0.15) is 0 Å². The van der Waals surface area contributed by atoms with Crippen LogP contribution < -0.4 is 5.32 Å². The number of piperidine rings is 1. The molecule has 0 radical (unpaired) electrons. The molecule has 1 saturated carbocycles. The average molecular weight is 323 g/mol. The van der Waals surface area contributed by atoms with Gasteiger partial charge in [0.2, 0.25) is 5.95 Å². The van der Waals surface area contributed by atoms with Crippen molar-refractivity contribution < 1.29 is 0 Å². The van der Waals surface area contributed by atoms with Crippen molar-refractivity contribution in [3.8, 4) is 0 Å². The molecule has 4 rings (SSSR count). The molecule has 2 aromatic rings. The molecule has 126 valence electrons. The molecule has 1 saturated heterocycles. The predicted molar refractivity (Wildman–Crippen MR) is 94.6 cm³/mol. The molecule has 1 aliphatic carbocycles. The van der Waals surface area contributed by atoms with E-state index in [-0.39, 0.29) is 0 Å². The minimum absolute atomic E-state index is 0.539. The van der Waals surface area contributed by atoms with E-state index in [0.717, 1.165) is 18.2 Å². The Morgan fingerprint density at radius 3 is 2.58 bits per heavy atom. The first-order chi connectivity index (χ1) is 11.7. The Morgan fingerprint density at radius 2 is 1.88 bits per heavy atom. The summed E-state index contributed by atoms with van der Waals surface area (Å²) in [4.78, 5) is 15.7. The molecule has 1 spiro atoms. The SMILES string of the molecule is Cc1cccc(CN2CCC3(CC2)CC(Nc2ncccn2)C3)n1. The first-order valence-corrected chi connectivity index (χ1v) is 8.89. The van der Waals surface area contributed by atoms with Gasteiger partial charge in [-0.1, -0.05) is 6.07 Å². The highest BCUT2D eigenvalue weighted by Crippen LogP contribution is 2.49. The fourth-order valence-corrected chi connectivity index (χ4v) is 4.15. The third-order valence-electron chi connectivity index (χ3n) is 5.51. The van der Waals surface area contributed by atoms with Crippen molar-refractivity contribution in [3.63, 3.8) is 0 Å². The summed E-state index contributed by atoms with van der Waals surface area (Å²) in [6, 6.07) is 8.70. The van der Waals surface area contributed by atoms with Gasteiger partial charge in [-0.15, -0.1) is 0 Å². The van der Waals surface area contributed by atoms with Crippen molar-refractivity contribution in [1.82, 2.24) is 19.9 Å². The van der Waals surface area contributed by atoms with Crippen molar-refractivity contribution in [3.05, 3.63) is 48.0 Å². The summed E-state index contributed by atoms with van der Waals surface area (Å²) in [5, 5.41) is 3.46. The minimum atomic E-state index is 0.539. The maximum atomic E-state index is 4.63. The number of pyridine rings is 1. The van der Waals surface area contributed by atoms with E-state index >= 15 is 0 Å². The molecule has 1 N–H and O–H groups in total. The molecule has 0 bridgehead atoms. The van der Waals surface area contributed by atoms with E-state index in [2.05, 4.69) is 50.3 Å². The van der Waals surface area contributed by atoms with Gasteiger partial charge in [-0.3, -0.25) is 9.88 Å². The largest absolute Gasteiger partial charge is 0.351 e. The van der Waals surface area contributed by atoms with Gasteiger partial charge in [0.25, 0.3) is 0 Å². The van der Waals surface area contributed by atoms with Crippen LogP contribution >= 0.6 is 0 Å². The van der Waals surface area contributed by atoms with Crippen LogP contribution in [0.1, 0.15) is 37.1 Å². The maximum Gasteiger partial charge on any atom is 0.222 e. The van der Waals surface area contributed by atoms with Crippen LogP contribution in [0.4, 0.5) is 5.95 Å². The Labute approximate surface area is 143 Å². The van der Waals surface area contributed by atoms with Gasteiger partial charge >= 0.3 is 0 Å². The van der Waals surface area contributed by atoms with Crippen molar-refractivity contribution in [1.29, 1.82) is 0 Å². The van der Waals surface area contributed by atoms with E-state index in [1.807, 2.05) is 6.07 Å². The van der Waals surface area contributed by atoms with Gasteiger partial charge in [-0.05, 0) is 69.3 Å². The van der Waals surface area contributed by atoms with E-state index in [9.17, 15) is 0 Å². The van der Waals surface area contributed by atoms with Crippen LogP contribution in [0.5, 0.6) is 0 Å². The first-order valence-electron chi connectivity index (χ1n) is 8.89. The van der Waals surface area contributed by atoms with Gasteiger partial charge in [0.05, 0.1) is 5.69 Å². The van der Waals surface area contributed by atoms with Gasteiger partial charge in [0.1, 0.15) is 0 Å². The highest BCUT2D eigenvalue weighted by atomic mass is 15.2. The lowest BCUT2D eigenvalue weighted by atomic mass is 9.60. The molecule has 0 atom stereocenters. The van der Waals surface area contributed by atoms with Crippen molar-refractivity contribution >= 4 is 5.95 Å². The summed E-state index contributed by atoms with van der Waals surface area (Å²) in [5.74, 6) is 0.764. The van der Waals surface area contributed by atoms with E-state index in [1.54, 1.807) is 12.4 Å². The molecule has 3 heterocycles. The molecular formula is C19H25N5. The quantitative estimate of drug-likeness (QED) is 0.937. The third-order valence-corrected chi connectivity index (χ3v) is 5.51. The molecule has 2 aromatic heterocycles. The number of hydrogen-bond acceptors (Lipinski definition) is 5. The van der Waals surface area contributed by atoms with E-state index < -0.39 is 0 Å². The van der Waals surface area contributed by atoms with Gasteiger partial charge in [0.15, 0.2) is 0 Å². The second-order valence-electron chi connectivity index (χ2n) is 7.37. The molecule has 5 nitrogen and oxygen atoms in total. The highest BCUT2D eigenvalue weighted by molar-refractivity contribution is 5.27. The predicted octanol–water partition coefficient (Wildman–Crippen LogP) is 3.04. The summed E-state index contributed by atoms with van der Waals surface area (Å²) in [5.41, 5.74) is 2.85. The summed E-state index contributed by atoms with van der Waals surface area (Å²) >= 11 is 0. The van der Waals surface area contributed by atoms with Crippen LogP contribution in [0.25, 0.3) is 0 Å². The topological polar surface area (TPSA) is 53.9 Å². The van der Waals surface area contributed by atoms with E-state index in [0.29, 0.717) is 11.5 Å². The second-order valence-corrected chi connectivity index (χ2v) is 7.37. The second kappa shape index (κ2) is 6.48. The Hall–Kier alpha value is -2.01. The zero-order valence-corrected chi connectivity index (χ0v) is 14.3. The smallest absolute Gasteiger partial charge is 0.222 e. The van der Waals surface area contributed by atoms with Gasteiger partial charge in [0, 0.05) is 30.7 Å². The lowest BCUT2D eigenvalue weighted by Crippen LogP contribution is -2.51. The zero-order valence-electron chi connectivity index (χ0n) is 14.3. The Bertz CT molecular complexity index is 671. The molecule has 24 heavy (non-hydrogen) atoms. The fourth-order valence-electron chi connectivity index (χ4n) is 4.15. The van der Waals surface area contributed by atoms with Crippen molar-refractivity contribution in [2.75, 3.05) is 18.4 Å². The number of nitrogens with zero attached hydrogens (tertiary/aromatic N) is 4. The molecule has 2 aliphatic rings. The number of anilines is 1. The Kier molecular flexibility index (Phi) is 4.19. The van der Waals surface area contributed by atoms with E-state index in [1.165, 1.54) is 44.5 Å². The summed E-state index contributed by atoms with van der Waals surface area (Å²) in [7, 11) is 0. The number of rotatable bonds is 4. The number of aryl methyl sites for hydroxylation is 1. The molecule has 0 unspecified atom stereocenters. The third kappa shape index (κ3) is 3.41. The minimum Gasteiger partial charge on any atom is -0.351 e. The van der Waals surface area contributed by atoms with Crippen molar-refractivity contribution in [2.45, 2.75) is 45.2 Å². The molecule has 1 aliphatic heterocycles. The molecule has 2 fully saturated rings. The number of aromatic nitrogens is 3. The van der Waals surface area contributed by atoms with Crippen LogP contribution in [0.2, 0.25) is 0 Å². The van der Waals surface area contributed by atoms with E-state index in [4.69, 9.17) is 0 Å². The van der Waals surface area contributed by atoms with Crippen LogP contribution in [0, 0.1) is 12.3 Å². The normalized spacial score (nSPS) is 20.7. The lowest BCUT2D eigenvalue weighted by Gasteiger charge is -2.52. The van der Waals surface area contributed by atoms with Crippen LogP contribution in [0.15, 0.2) is 36.7 Å². The van der Waals surface area contributed by atoms with Gasteiger partial charge < -0.3 is 5.32 Å². The lowest BCUT2D eigenvalue weighted by molar-refractivity contribution is 0.0205. The highest BCUT2D eigenvalue weighted by Gasteiger charge is 2.45. The summed E-state index contributed by atoms with van der Waals surface area (Å²) in [6.45, 7) is 5.41. The van der Waals surface area contributed by atoms with Gasteiger partial charge in [-0.25, -0.2) is 9.97 Å².